The van der Waals surface area contributed by atoms with Crippen LogP contribution in [0.4, 0.5) is 0 Å². The highest BCUT2D eigenvalue weighted by atomic mass is 16.5. The van der Waals surface area contributed by atoms with Gasteiger partial charge in [0, 0.05) is 13.2 Å². The largest absolute Gasteiger partial charge is 0.375 e. The number of amides is 1. The third-order valence-corrected chi connectivity index (χ3v) is 1.92. The Kier molecular flexibility index (Phi) is 7.69. The van der Waals surface area contributed by atoms with Gasteiger partial charge in [0.15, 0.2) is 0 Å². The van der Waals surface area contributed by atoms with Gasteiger partial charge >= 0.3 is 0 Å². The molecule has 0 rings (SSSR count). The zero-order valence-electron chi connectivity index (χ0n) is 8.93. The maximum atomic E-state index is 11.1. The van der Waals surface area contributed by atoms with Crippen molar-refractivity contribution in [2.75, 3.05) is 13.7 Å². The summed E-state index contributed by atoms with van der Waals surface area (Å²) < 4.78 is 4.72. The van der Waals surface area contributed by atoms with Crippen LogP contribution in [0, 0.1) is 0 Å². The van der Waals surface area contributed by atoms with Crippen molar-refractivity contribution in [2.24, 2.45) is 0 Å². The number of rotatable bonds is 7. The molecule has 0 aliphatic carbocycles. The normalized spacial score (nSPS) is 12.5. The second-order valence-corrected chi connectivity index (χ2v) is 3.40. The summed E-state index contributed by atoms with van der Waals surface area (Å²) in [4.78, 5) is 11.1. The lowest BCUT2D eigenvalue weighted by atomic mass is 10.1. The zero-order valence-corrected chi connectivity index (χ0v) is 8.93. The lowest BCUT2D eigenvalue weighted by molar-refractivity contribution is -0.125. The van der Waals surface area contributed by atoms with Crippen LogP contribution in [-0.2, 0) is 9.53 Å². The fraction of sp³-hybridized carbons (Fsp3) is 0.900. The summed E-state index contributed by atoms with van der Waals surface area (Å²) in [6.07, 6.45) is 4.71. The van der Waals surface area contributed by atoms with E-state index in [1.807, 2.05) is 6.92 Å². The number of methoxy groups -OCH3 is 1. The number of hydrogen-bond acceptors (Lipinski definition) is 2. The van der Waals surface area contributed by atoms with Crippen molar-refractivity contribution in [3.8, 4) is 0 Å². The Labute approximate surface area is 80.8 Å². The molecule has 3 heteroatoms. The Hall–Kier alpha value is -0.570. The van der Waals surface area contributed by atoms with Crippen LogP contribution in [0.1, 0.15) is 39.5 Å². The van der Waals surface area contributed by atoms with Crippen LogP contribution in [-0.4, -0.2) is 25.7 Å². The highest BCUT2D eigenvalue weighted by molar-refractivity contribution is 5.77. The standard InChI is InChI=1S/C10H21NO2/c1-4-5-6-7-9(2)11-10(12)8-13-3/h9H,4-8H2,1-3H3,(H,11,12). The molecule has 1 unspecified atom stereocenters. The Bertz CT molecular complexity index is 137. The topological polar surface area (TPSA) is 38.3 Å². The summed E-state index contributed by atoms with van der Waals surface area (Å²) in [5.74, 6) is -0.0218. The van der Waals surface area contributed by atoms with Crippen molar-refractivity contribution in [1.82, 2.24) is 5.32 Å². The van der Waals surface area contributed by atoms with E-state index >= 15 is 0 Å². The van der Waals surface area contributed by atoms with Crippen LogP contribution in [0.5, 0.6) is 0 Å². The molecule has 1 amide bonds. The molecule has 0 heterocycles. The van der Waals surface area contributed by atoms with E-state index in [2.05, 4.69) is 12.2 Å². The summed E-state index contributed by atoms with van der Waals surface area (Å²) in [5, 5.41) is 2.88. The Morgan fingerprint density at radius 3 is 2.69 bits per heavy atom. The molecule has 1 atom stereocenters. The zero-order chi connectivity index (χ0) is 10.1. The van der Waals surface area contributed by atoms with Gasteiger partial charge in [0.25, 0.3) is 0 Å². The minimum Gasteiger partial charge on any atom is -0.375 e. The van der Waals surface area contributed by atoms with Crippen molar-refractivity contribution in [1.29, 1.82) is 0 Å². The second-order valence-electron chi connectivity index (χ2n) is 3.40. The molecule has 78 valence electrons. The first-order valence-corrected chi connectivity index (χ1v) is 4.99. The van der Waals surface area contributed by atoms with Gasteiger partial charge < -0.3 is 10.1 Å². The van der Waals surface area contributed by atoms with E-state index < -0.39 is 0 Å². The van der Waals surface area contributed by atoms with Crippen LogP contribution in [0.2, 0.25) is 0 Å². The number of unbranched alkanes of at least 4 members (excludes halogenated alkanes) is 2. The number of ether oxygens (including phenoxy) is 1. The lowest BCUT2D eigenvalue weighted by Crippen LogP contribution is -2.34. The molecule has 0 saturated carbocycles. The first-order valence-electron chi connectivity index (χ1n) is 4.99. The fourth-order valence-electron chi connectivity index (χ4n) is 1.22. The van der Waals surface area contributed by atoms with E-state index in [-0.39, 0.29) is 18.6 Å². The summed E-state index contributed by atoms with van der Waals surface area (Å²) in [6.45, 7) is 4.37. The van der Waals surface area contributed by atoms with Crippen LogP contribution in [0.25, 0.3) is 0 Å². The molecule has 3 nitrogen and oxygen atoms in total. The van der Waals surface area contributed by atoms with Crippen molar-refractivity contribution in [2.45, 2.75) is 45.6 Å². The van der Waals surface area contributed by atoms with Crippen LogP contribution < -0.4 is 5.32 Å². The van der Waals surface area contributed by atoms with E-state index in [1.165, 1.54) is 26.4 Å². The van der Waals surface area contributed by atoms with E-state index in [0.29, 0.717) is 0 Å². The average Bonchev–Trinajstić information content (AvgIpc) is 2.05. The van der Waals surface area contributed by atoms with Gasteiger partial charge in [0.1, 0.15) is 6.61 Å². The van der Waals surface area contributed by atoms with Crippen molar-refractivity contribution >= 4 is 5.91 Å². The molecule has 0 aromatic carbocycles. The van der Waals surface area contributed by atoms with Gasteiger partial charge in [0.05, 0.1) is 0 Å². The van der Waals surface area contributed by atoms with Gasteiger partial charge in [-0.05, 0) is 13.3 Å². The van der Waals surface area contributed by atoms with Gasteiger partial charge in [-0.15, -0.1) is 0 Å². The first kappa shape index (κ1) is 12.4. The third kappa shape index (κ3) is 7.78. The predicted octanol–water partition coefficient (Wildman–Crippen LogP) is 1.72. The quantitative estimate of drug-likeness (QED) is 0.616. The van der Waals surface area contributed by atoms with Crippen molar-refractivity contribution in [3.05, 3.63) is 0 Å². The maximum absolute atomic E-state index is 11.1. The fourth-order valence-corrected chi connectivity index (χ4v) is 1.22. The molecule has 0 radical (unpaired) electrons. The van der Waals surface area contributed by atoms with E-state index in [0.717, 1.165) is 6.42 Å². The second kappa shape index (κ2) is 8.05. The molecule has 0 aromatic heterocycles. The lowest BCUT2D eigenvalue weighted by Gasteiger charge is -2.12. The van der Waals surface area contributed by atoms with E-state index in [9.17, 15) is 4.79 Å². The molecule has 0 fully saturated rings. The molecular formula is C10H21NO2. The Balaban J connectivity index is 3.38. The van der Waals surface area contributed by atoms with Crippen molar-refractivity contribution < 1.29 is 9.53 Å². The van der Waals surface area contributed by atoms with Gasteiger partial charge in [-0.2, -0.15) is 0 Å². The minimum absolute atomic E-state index is 0.0218. The number of hydrogen-bond donors (Lipinski definition) is 1. The minimum atomic E-state index is -0.0218. The molecule has 0 aromatic rings. The van der Waals surface area contributed by atoms with Crippen molar-refractivity contribution in [3.63, 3.8) is 0 Å². The van der Waals surface area contributed by atoms with Gasteiger partial charge in [0.2, 0.25) is 5.91 Å². The number of nitrogens with one attached hydrogen (secondary N) is 1. The number of carbonyl (C=O) groups is 1. The molecular weight excluding hydrogens is 166 g/mol. The highest BCUT2D eigenvalue weighted by Crippen LogP contribution is 2.02. The molecule has 0 spiro atoms. The van der Waals surface area contributed by atoms with Gasteiger partial charge in [-0.25, -0.2) is 0 Å². The molecule has 13 heavy (non-hydrogen) atoms. The Morgan fingerprint density at radius 1 is 1.46 bits per heavy atom. The SMILES string of the molecule is CCCCCC(C)NC(=O)COC. The molecule has 0 bridgehead atoms. The molecule has 0 saturated heterocycles. The monoisotopic (exact) mass is 187 g/mol. The number of carbonyl (C=O) groups excluding carboxylic acids is 1. The van der Waals surface area contributed by atoms with Crippen LogP contribution >= 0.6 is 0 Å². The summed E-state index contributed by atoms with van der Waals surface area (Å²) >= 11 is 0. The Morgan fingerprint density at radius 2 is 2.15 bits per heavy atom. The van der Waals surface area contributed by atoms with E-state index in [4.69, 9.17) is 4.74 Å². The summed E-state index contributed by atoms with van der Waals surface area (Å²) in [7, 11) is 1.53. The van der Waals surface area contributed by atoms with Crippen LogP contribution in [0.3, 0.4) is 0 Å². The third-order valence-electron chi connectivity index (χ3n) is 1.92. The van der Waals surface area contributed by atoms with Gasteiger partial charge in [-0.3, -0.25) is 4.79 Å². The van der Waals surface area contributed by atoms with E-state index in [1.54, 1.807) is 0 Å². The maximum Gasteiger partial charge on any atom is 0.246 e. The predicted molar refractivity (Wildman–Crippen MR) is 53.6 cm³/mol. The van der Waals surface area contributed by atoms with Gasteiger partial charge in [-0.1, -0.05) is 26.2 Å². The molecule has 1 N–H and O–H groups in total. The molecule has 0 aliphatic heterocycles. The molecule has 0 aliphatic rings. The summed E-state index contributed by atoms with van der Waals surface area (Å²) in [6, 6.07) is 0.272. The van der Waals surface area contributed by atoms with Crippen LogP contribution in [0.15, 0.2) is 0 Å². The first-order chi connectivity index (χ1) is 6.20. The highest BCUT2D eigenvalue weighted by Gasteiger charge is 2.05. The smallest absolute Gasteiger partial charge is 0.246 e. The average molecular weight is 187 g/mol. The summed E-state index contributed by atoms with van der Waals surface area (Å²) in [5.41, 5.74) is 0.